The molecule has 1 aromatic carbocycles. The lowest BCUT2D eigenvalue weighted by Crippen LogP contribution is -2.16. The molecule has 0 bridgehead atoms. The first-order chi connectivity index (χ1) is 11.6. The number of hydrogen-bond donors (Lipinski definition) is 2. The molecule has 1 amide bonds. The number of benzene rings is 1. The quantitative estimate of drug-likeness (QED) is 0.656. The van der Waals surface area contributed by atoms with Crippen LogP contribution in [0.2, 0.25) is 0 Å². The van der Waals surface area contributed by atoms with E-state index in [1.807, 2.05) is 17.5 Å². The molecule has 24 heavy (non-hydrogen) atoms. The second kappa shape index (κ2) is 7.54. The molecule has 3 rings (SSSR count). The van der Waals surface area contributed by atoms with Crippen molar-refractivity contribution in [2.45, 2.75) is 11.6 Å². The number of aromatic amines is 1. The molecular weight excluding hydrogens is 354 g/mol. The van der Waals surface area contributed by atoms with Gasteiger partial charge < -0.3 is 5.32 Å². The minimum Gasteiger partial charge on any atom is -0.320 e. The van der Waals surface area contributed by atoms with Gasteiger partial charge in [-0.2, -0.15) is 0 Å². The second-order valence-electron chi connectivity index (χ2n) is 4.75. The summed E-state index contributed by atoms with van der Waals surface area (Å²) in [6, 6.07) is 7.35. The van der Waals surface area contributed by atoms with Crippen molar-refractivity contribution in [3.63, 3.8) is 0 Å². The Morgan fingerprint density at radius 1 is 1.25 bits per heavy atom. The molecule has 124 valence electrons. The minimum atomic E-state index is -0.815. The summed E-state index contributed by atoms with van der Waals surface area (Å²) < 4.78 is 26.9. The van der Waals surface area contributed by atoms with Crippen LogP contribution in [0, 0.1) is 11.6 Å². The van der Waals surface area contributed by atoms with Crippen molar-refractivity contribution in [3.05, 3.63) is 58.0 Å². The predicted octanol–water partition coefficient (Wildman–Crippen LogP) is 3.47. The Labute approximate surface area is 144 Å². The van der Waals surface area contributed by atoms with E-state index in [2.05, 4.69) is 20.5 Å². The Morgan fingerprint density at radius 3 is 2.75 bits per heavy atom. The number of hydrogen-bond acceptors (Lipinski definition) is 5. The highest BCUT2D eigenvalue weighted by Gasteiger charge is 2.13. The first-order valence-electron chi connectivity index (χ1n) is 6.92. The number of anilines is 1. The molecule has 3 aromatic rings. The van der Waals surface area contributed by atoms with Gasteiger partial charge >= 0.3 is 0 Å². The van der Waals surface area contributed by atoms with E-state index in [0.29, 0.717) is 17.4 Å². The largest absolute Gasteiger partial charge is 0.320 e. The fourth-order valence-corrected chi connectivity index (χ4v) is 3.25. The average molecular weight is 366 g/mol. The summed E-state index contributed by atoms with van der Waals surface area (Å²) in [6.45, 7) is 0. The van der Waals surface area contributed by atoms with Crippen LogP contribution in [0.4, 0.5) is 14.5 Å². The third kappa shape index (κ3) is 4.18. The van der Waals surface area contributed by atoms with E-state index in [1.54, 1.807) is 11.3 Å². The van der Waals surface area contributed by atoms with Gasteiger partial charge in [-0.05, 0) is 23.6 Å². The molecule has 0 saturated carbocycles. The fourth-order valence-electron chi connectivity index (χ4n) is 1.92. The zero-order valence-corrected chi connectivity index (χ0v) is 13.9. The van der Waals surface area contributed by atoms with E-state index >= 15 is 0 Å². The van der Waals surface area contributed by atoms with Crippen LogP contribution in [0.5, 0.6) is 0 Å². The molecule has 0 aliphatic rings. The van der Waals surface area contributed by atoms with Crippen molar-refractivity contribution in [2.75, 3.05) is 11.1 Å². The lowest BCUT2D eigenvalue weighted by Gasteiger charge is -2.06. The summed E-state index contributed by atoms with van der Waals surface area (Å²) in [5, 5.41) is 11.4. The lowest BCUT2D eigenvalue weighted by atomic mass is 10.3. The first kappa shape index (κ1) is 16.6. The average Bonchev–Trinajstić information content (AvgIpc) is 3.21. The van der Waals surface area contributed by atoms with E-state index in [0.717, 1.165) is 28.8 Å². The molecule has 0 aliphatic heterocycles. The van der Waals surface area contributed by atoms with E-state index in [9.17, 15) is 13.6 Å². The SMILES string of the molecule is O=C(CSc1n[nH]c(Cc2cccs2)n1)Nc1c(F)cccc1F. The normalized spacial score (nSPS) is 10.8. The molecule has 0 spiro atoms. The van der Waals surface area contributed by atoms with Crippen LogP contribution in [-0.4, -0.2) is 26.8 Å². The number of halogens is 2. The minimum absolute atomic E-state index is 0.0515. The molecule has 0 radical (unpaired) electrons. The molecule has 2 heterocycles. The molecule has 0 saturated heterocycles. The summed E-state index contributed by atoms with van der Waals surface area (Å²) in [7, 11) is 0. The van der Waals surface area contributed by atoms with Crippen LogP contribution in [0.15, 0.2) is 40.9 Å². The Kier molecular flexibility index (Phi) is 5.21. The third-order valence-electron chi connectivity index (χ3n) is 2.99. The maximum absolute atomic E-state index is 13.5. The van der Waals surface area contributed by atoms with Gasteiger partial charge in [-0.15, -0.1) is 16.4 Å². The second-order valence-corrected chi connectivity index (χ2v) is 6.73. The van der Waals surface area contributed by atoms with Gasteiger partial charge in [-0.1, -0.05) is 23.9 Å². The van der Waals surface area contributed by atoms with Gasteiger partial charge in [0.25, 0.3) is 0 Å². The number of aromatic nitrogens is 3. The number of amides is 1. The molecule has 5 nitrogen and oxygen atoms in total. The third-order valence-corrected chi connectivity index (χ3v) is 4.72. The van der Waals surface area contributed by atoms with Gasteiger partial charge in [-0.25, -0.2) is 13.8 Å². The molecule has 0 fully saturated rings. The molecule has 0 atom stereocenters. The summed E-state index contributed by atoms with van der Waals surface area (Å²) in [6.07, 6.45) is 0.637. The number of para-hydroxylation sites is 1. The molecule has 0 unspecified atom stereocenters. The number of nitrogens with zero attached hydrogens (tertiary/aromatic N) is 2. The highest BCUT2D eigenvalue weighted by molar-refractivity contribution is 7.99. The van der Waals surface area contributed by atoms with Gasteiger partial charge in [0.1, 0.15) is 23.1 Å². The Balaban J connectivity index is 1.54. The number of rotatable bonds is 6. The summed E-state index contributed by atoms with van der Waals surface area (Å²) in [5.41, 5.74) is -0.448. The van der Waals surface area contributed by atoms with Gasteiger partial charge in [0.15, 0.2) is 0 Å². The van der Waals surface area contributed by atoms with Crippen LogP contribution < -0.4 is 5.32 Å². The van der Waals surface area contributed by atoms with Crippen LogP contribution in [0.1, 0.15) is 10.7 Å². The van der Waals surface area contributed by atoms with E-state index < -0.39 is 23.2 Å². The number of H-pyrrole nitrogens is 1. The number of carbonyl (C=O) groups excluding carboxylic acids is 1. The van der Waals surface area contributed by atoms with Crippen molar-refractivity contribution in [2.24, 2.45) is 0 Å². The van der Waals surface area contributed by atoms with Crippen molar-refractivity contribution < 1.29 is 13.6 Å². The van der Waals surface area contributed by atoms with E-state index in [-0.39, 0.29) is 5.75 Å². The van der Waals surface area contributed by atoms with Crippen molar-refractivity contribution >= 4 is 34.7 Å². The number of nitrogens with one attached hydrogen (secondary N) is 2. The maximum Gasteiger partial charge on any atom is 0.235 e. The number of thiophene rings is 1. The van der Waals surface area contributed by atoms with Crippen molar-refractivity contribution in [3.8, 4) is 0 Å². The van der Waals surface area contributed by atoms with E-state index in [4.69, 9.17) is 0 Å². The summed E-state index contributed by atoms with van der Waals surface area (Å²) in [5.74, 6) is -1.52. The Morgan fingerprint density at radius 2 is 2.04 bits per heavy atom. The monoisotopic (exact) mass is 366 g/mol. The zero-order chi connectivity index (χ0) is 16.9. The molecule has 0 aliphatic carbocycles. The van der Waals surface area contributed by atoms with Gasteiger partial charge in [0.2, 0.25) is 11.1 Å². The zero-order valence-electron chi connectivity index (χ0n) is 12.3. The number of carbonyl (C=O) groups is 1. The molecule has 2 N–H and O–H groups in total. The molecule has 9 heteroatoms. The molecule has 2 aromatic heterocycles. The van der Waals surface area contributed by atoms with Crippen molar-refractivity contribution in [1.29, 1.82) is 0 Å². The van der Waals surface area contributed by atoms with E-state index in [1.165, 1.54) is 6.07 Å². The number of thioether (sulfide) groups is 1. The summed E-state index contributed by atoms with van der Waals surface area (Å²) >= 11 is 2.71. The Bertz CT molecular complexity index is 816. The smallest absolute Gasteiger partial charge is 0.235 e. The predicted molar refractivity (Wildman–Crippen MR) is 89.2 cm³/mol. The standard InChI is InChI=1S/C15H12F2N4OS2/c16-10-4-1-5-11(17)14(10)19-13(22)8-24-15-18-12(20-21-15)7-9-3-2-6-23-9/h1-6H,7-8H2,(H,19,22)(H,18,20,21). The highest BCUT2D eigenvalue weighted by Crippen LogP contribution is 2.20. The van der Waals surface area contributed by atoms with Gasteiger partial charge in [-0.3, -0.25) is 9.89 Å². The topological polar surface area (TPSA) is 70.7 Å². The van der Waals surface area contributed by atoms with Crippen LogP contribution in [0.3, 0.4) is 0 Å². The highest BCUT2D eigenvalue weighted by atomic mass is 32.2. The summed E-state index contributed by atoms with van der Waals surface area (Å²) in [4.78, 5) is 17.2. The maximum atomic E-state index is 13.5. The first-order valence-corrected chi connectivity index (χ1v) is 8.78. The van der Waals surface area contributed by atoms with Crippen molar-refractivity contribution in [1.82, 2.24) is 15.2 Å². The van der Waals surface area contributed by atoms with Crippen LogP contribution in [0.25, 0.3) is 0 Å². The van der Waals surface area contributed by atoms with Gasteiger partial charge in [0, 0.05) is 11.3 Å². The lowest BCUT2D eigenvalue weighted by molar-refractivity contribution is -0.113. The fraction of sp³-hybridized carbons (Fsp3) is 0.133. The van der Waals surface area contributed by atoms with Crippen LogP contribution >= 0.6 is 23.1 Å². The molecular formula is C15H12F2N4OS2. The Hall–Kier alpha value is -2.26. The van der Waals surface area contributed by atoms with Gasteiger partial charge in [0.05, 0.1) is 5.75 Å². The van der Waals surface area contributed by atoms with Crippen LogP contribution in [-0.2, 0) is 11.2 Å².